The monoisotopic (exact) mass is 487 g/mol. The van der Waals surface area contributed by atoms with Crippen molar-refractivity contribution in [2.75, 3.05) is 33.3 Å². The van der Waals surface area contributed by atoms with Gasteiger partial charge in [0.25, 0.3) is 0 Å². The molecule has 1 saturated heterocycles. The van der Waals surface area contributed by atoms with E-state index in [4.69, 9.17) is 14.6 Å². The van der Waals surface area contributed by atoms with E-state index < -0.39 is 12.1 Å². The normalized spacial score (nSPS) is 20.1. The fraction of sp³-hybridized carbons (Fsp3) is 0.346. The highest BCUT2D eigenvalue weighted by Crippen LogP contribution is 2.40. The van der Waals surface area contributed by atoms with Crippen LogP contribution in [0.4, 0.5) is 13.2 Å². The van der Waals surface area contributed by atoms with E-state index in [0.717, 1.165) is 44.8 Å². The number of benzene rings is 2. The molecule has 9 heteroatoms. The molecule has 2 aromatic carbocycles. The summed E-state index contributed by atoms with van der Waals surface area (Å²) in [5, 5.41) is 12.3. The third kappa shape index (κ3) is 5.52. The van der Waals surface area contributed by atoms with Crippen LogP contribution >= 0.6 is 0 Å². The van der Waals surface area contributed by atoms with Crippen LogP contribution in [0.5, 0.6) is 5.75 Å². The summed E-state index contributed by atoms with van der Waals surface area (Å²) in [5.74, 6) is -1.83. The van der Waals surface area contributed by atoms with Crippen molar-refractivity contribution in [1.29, 1.82) is 0 Å². The number of fused-ring (bicyclic) bond motifs is 4. The zero-order valence-electron chi connectivity index (χ0n) is 19.4. The summed E-state index contributed by atoms with van der Waals surface area (Å²) in [5.41, 5.74) is 5.38. The summed E-state index contributed by atoms with van der Waals surface area (Å²) in [7, 11) is 1.74. The van der Waals surface area contributed by atoms with E-state index in [0.29, 0.717) is 0 Å². The minimum Gasteiger partial charge on any atom is -0.497 e. The topological polar surface area (TPSA) is 77.6 Å². The first-order valence-electron chi connectivity index (χ1n) is 11.4. The predicted octanol–water partition coefficient (Wildman–Crippen LogP) is 4.57. The number of aromatic amines is 1. The number of methoxy groups -OCH3 is 1. The lowest BCUT2D eigenvalue weighted by molar-refractivity contribution is -0.192. The molecule has 2 aliphatic rings. The van der Waals surface area contributed by atoms with Crippen molar-refractivity contribution in [1.82, 2.24) is 15.2 Å². The number of halogens is 3. The van der Waals surface area contributed by atoms with Gasteiger partial charge >= 0.3 is 12.1 Å². The van der Waals surface area contributed by atoms with Crippen LogP contribution in [0.3, 0.4) is 0 Å². The maximum Gasteiger partial charge on any atom is 0.490 e. The minimum atomic E-state index is -5.08. The van der Waals surface area contributed by atoms with Gasteiger partial charge in [0.15, 0.2) is 0 Å². The van der Waals surface area contributed by atoms with Gasteiger partial charge in [0.05, 0.1) is 12.6 Å². The van der Waals surface area contributed by atoms with Gasteiger partial charge < -0.3 is 20.1 Å². The highest BCUT2D eigenvalue weighted by Gasteiger charge is 2.43. The van der Waals surface area contributed by atoms with Gasteiger partial charge in [-0.05, 0) is 42.2 Å². The van der Waals surface area contributed by atoms with E-state index in [1.807, 2.05) is 6.07 Å². The van der Waals surface area contributed by atoms with E-state index in [2.05, 4.69) is 69.8 Å². The molecule has 3 aromatic rings. The van der Waals surface area contributed by atoms with Crippen LogP contribution in [0.2, 0.25) is 0 Å². The lowest BCUT2D eigenvalue weighted by Crippen LogP contribution is -2.49. The quantitative estimate of drug-likeness (QED) is 0.503. The van der Waals surface area contributed by atoms with Crippen LogP contribution in [-0.4, -0.2) is 60.4 Å². The molecule has 1 fully saturated rings. The molecule has 6 nitrogen and oxygen atoms in total. The molecule has 2 aliphatic heterocycles. The molecule has 0 aliphatic carbocycles. The number of rotatable bonds is 4. The molecule has 0 radical (unpaired) electrons. The maximum atomic E-state index is 10.6. The molecule has 1 spiro atoms. The van der Waals surface area contributed by atoms with Crippen LogP contribution in [0, 0.1) is 0 Å². The zero-order chi connectivity index (χ0) is 25.1. The van der Waals surface area contributed by atoms with Crippen molar-refractivity contribution in [2.45, 2.75) is 24.6 Å². The van der Waals surface area contributed by atoms with Gasteiger partial charge in [-0.25, -0.2) is 4.79 Å². The Morgan fingerprint density at radius 1 is 1.23 bits per heavy atom. The Bertz CT molecular complexity index is 1210. The highest BCUT2D eigenvalue weighted by molar-refractivity contribution is 5.87. The van der Waals surface area contributed by atoms with E-state index in [1.54, 1.807) is 7.11 Å². The summed E-state index contributed by atoms with van der Waals surface area (Å²) in [6.45, 7) is 4.18. The SMILES string of the molecule is COc1ccc2[nH]c3c(c2c1)CCNC31CCN(CC=Cc2ccccc2)C1.O=C(O)C(F)(F)F. The highest BCUT2D eigenvalue weighted by atomic mass is 19.4. The molecule has 3 N–H and O–H groups in total. The summed E-state index contributed by atoms with van der Waals surface area (Å²) < 4.78 is 37.2. The Morgan fingerprint density at radius 2 is 1.97 bits per heavy atom. The summed E-state index contributed by atoms with van der Waals surface area (Å²) in [4.78, 5) is 15.2. The zero-order valence-corrected chi connectivity index (χ0v) is 19.4. The van der Waals surface area contributed by atoms with Crippen molar-refractivity contribution in [2.24, 2.45) is 0 Å². The number of aromatic nitrogens is 1. The Balaban J connectivity index is 0.000000364. The molecule has 1 unspecified atom stereocenters. The van der Waals surface area contributed by atoms with Crippen LogP contribution in [0.1, 0.15) is 23.2 Å². The summed E-state index contributed by atoms with van der Waals surface area (Å²) >= 11 is 0. The number of aliphatic carboxylic acids is 1. The second-order valence-electron chi connectivity index (χ2n) is 8.75. The second-order valence-corrected chi connectivity index (χ2v) is 8.75. The second kappa shape index (κ2) is 10.1. The average Bonchev–Trinajstić information content (AvgIpc) is 3.42. The molecule has 0 amide bonds. The number of hydrogen-bond acceptors (Lipinski definition) is 4. The fourth-order valence-electron chi connectivity index (χ4n) is 4.83. The Morgan fingerprint density at radius 3 is 2.66 bits per heavy atom. The molecule has 1 aromatic heterocycles. The van der Waals surface area contributed by atoms with Crippen LogP contribution in [0.15, 0.2) is 54.6 Å². The maximum absolute atomic E-state index is 10.6. The number of hydrogen-bond donors (Lipinski definition) is 3. The Kier molecular flexibility index (Phi) is 7.18. The first-order valence-corrected chi connectivity index (χ1v) is 11.4. The number of ether oxygens (including phenoxy) is 1. The molecular weight excluding hydrogens is 459 g/mol. The van der Waals surface area contributed by atoms with Crippen LogP contribution in [-0.2, 0) is 16.8 Å². The lowest BCUT2D eigenvalue weighted by Gasteiger charge is -2.35. The van der Waals surface area contributed by atoms with E-state index >= 15 is 0 Å². The molecule has 35 heavy (non-hydrogen) atoms. The first-order chi connectivity index (χ1) is 16.7. The third-order valence-electron chi connectivity index (χ3n) is 6.49. The van der Waals surface area contributed by atoms with Crippen molar-refractivity contribution < 1.29 is 27.8 Å². The first kappa shape index (κ1) is 24.8. The molecule has 186 valence electrons. The van der Waals surface area contributed by atoms with Gasteiger partial charge in [-0.1, -0.05) is 42.5 Å². The van der Waals surface area contributed by atoms with Gasteiger partial charge in [0, 0.05) is 42.8 Å². The average molecular weight is 488 g/mol. The third-order valence-corrected chi connectivity index (χ3v) is 6.49. The van der Waals surface area contributed by atoms with Crippen LogP contribution < -0.4 is 10.1 Å². The number of carboxylic acid groups (broad SMARTS) is 1. The Labute approximate surface area is 201 Å². The molecule has 0 saturated carbocycles. The number of H-pyrrole nitrogens is 1. The Hall–Kier alpha value is -3.30. The molecule has 1 atom stereocenters. The van der Waals surface area contributed by atoms with Gasteiger partial charge in [0.2, 0.25) is 0 Å². The number of nitrogens with zero attached hydrogens (tertiary/aromatic N) is 1. The van der Waals surface area contributed by atoms with Crippen molar-refractivity contribution in [3.05, 3.63) is 71.4 Å². The molecule has 5 rings (SSSR count). The van der Waals surface area contributed by atoms with E-state index in [-0.39, 0.29) is 5.54 Å². The standard InChI is InChI=1S/C24H27N3O.C2HF3O2/c1-28-19-9-10-22-21(16-19)20-11-13-25-24(23(20)26-22)12-15-27(17-24)14-5-8-18-6-3-2-4-7-18;3-2(4,5)1(6)7/h2-10,16,25-26H,11-15,17H2,1H3;(H,6,7). The van der Waals surface area contributed by atoms with E-state index in [1.165, 1.54) is 27.7 Å². The fourth-order valence-corrected chi connectivity index (χ4v) is 4.83. The van der Waals surface area contributed by atoms with E-state index in [9.17, 15) is 13.2 Å². The summed E-state index contributed by atoms with van der Waals surface area (Å²) in [6, 6.07) is 16.9. The van der Waals surface area contributed by atoms with Gasteiger partial charge in [-0.3, -0.25) is 4.90 Å². The smallest absolute Gasteiger partial charge is 0.490 e. The number of nitrogens with one attached hydrogen (secondary N) is 2. The lowest BCUT2D eigenvalue weighted by atomic mass is 9.86. The van der Waals surface area contributed by atoms with Crippen LogP contribution in [0.25, 0.3) is 17.0 Å². The van der Waals surface area contributed by atoms with Crippen molar-refractivity contribution >= 4 is 22.9 Å². The molecule has 0 bridgehead atoms. The number of alkyl halides is 3. The van der Waals surface area contributed by atoms with Crippen molar-refractivity contribution in [3.8, 4) is 5.75 Å². The number of carbonyl (C=O) groups is 1. The molecule has 3 heterocycles. The number of likely N-dealkylation sites (tertiary alicyclic amines) is 1. The van der Waals surface area contributed by atoms with Crippen molar-refractivity contribution in [3.63, 3.8) is 0 Å². The predicted molar refractivity (Wildman–Crippen MR) is 128 cm³/mol. The van der Waals surface area contributed by atoms with Gasteiger partial charge in [-0.15, -0.1) is 0 Å². The summed E-state index contributed by atoms with van der Waals surface area (Å²) in [6.07, 6.45) is 1.63. The largest absolute Gasteiger partial charge is 0.497 e. The minimum absolute atomic E-state index is 0.0421. The number of carboxylic acids is 1. The van der Waals surface area contributed by atoms with Gasteiger partial charge in [0.1, 0.15) is 5.75 Å². The van der Waals surface area contributed by atoms with Gasteiger partial charge in [-0.2, -0.15) is 13.2 Å². The molecular formula is C26H28F3N3O3.